The minimum atomic E-state index is -0.991. The molecule has 1 saturated heterocycles. The van der Waals surface area contributed by atoms with E-state index < -0.39 is 6.17 Å². The van der Waals surface area contributed by atoms with Crippen LogP contribution in [0.5, 0.6) is 5.75 Å². The van der Waals surface area contributed by atoms with Gasteiger partial charge in [0.05, 0.1) is 13.3 Å². The fourth-order valence-corrected chi connectivity index (χ4v) is 1.89. The molecule has 0 radical (unpaired) electrons. The second-order valence-corrected chi connectivity index (χ2v) is 3.76. The molecular formula is C11H15FN2O. The maximum Gasteiger partial charge on any atom is 0.142 e. The summed E-state index contributed by atoms with van der Waals surface area (Å²) in [5, 5.41) is 3.15. The normalized spacial score (nSPS) is 22.7. The second-order valence-electron chi connectivity index (χ2n) is 3.76. The zero-order valence-electron chi connectivity index (χ0n) is 8.74. The minimum absolute atomic E-state index is 0.0705. The molecule has 2 atom stereocenters. The predicted molar refractivity (Wildman–Crippen MR) is 55.7 cm³/mol. The Morgan fingerprint density at radius 2 is 2.47 bits per heavy atom. The third-order valence-electron chi connectivity index (χ3n) is 2.74. The molecule has 0 bridgehead atoms. The Hall–Kier alpha value is -1.16. The third-order valence-corrected chi connectivity index (χ3v) is 2.74. The van der Waals surface area contributed by atoms with Crippen molar-refractivity contribution in [3.05, 3.63) is 24.0 Å². The zero-order valence-corrected chi connectivity index (χ0v) is 8.74. The molecule has 15 heavy (non-hydrogen) atoms. The van der Waals surface area contributed by atoms with Gasteiger partial charge in [0.15, 0.2) is 0 Å². The number of alkyl halides is 1. The average Bonchev–Trinajstić information content (AvgIpc) is 2.81. The third kappa shape index (κ3) is 2.26. The number of pyridine rings is 1. The summed E-state index contributed by atoms with van der Waals surface area (Å²) in [6.45, 7) is 0.905. The van der Waals surface area contributed by atoms with Gasteiger partial charge in [0.2, 0.25) is 0 Å². The molecule has 1 aliphatic heterocycles. The standard InChI is InChI=1S/C11H15FN2O/c1-15-9-5-8(6-13-7-9)11(12)10-3-2-4-14-10/h5-7,10-11,14H,2-4H2,1H3. The lowest BCUT2D eigenvalue weighted by Crippen LogP contribution is -2.26. The molecule has 1 aliphatic rings. The van der Waals surface area contributed by atoms with Crippen LogP contribution in [0.25, 0.3) is 0 Å². The highest BCUT2D eigenvalue weighted by Gasteiger charge is 2.25. The molecule has 0 amide bonds. The van der Waals surface area contributed by atoms with Crippen molar-refractivity contribution in [3.8, 4) is 5.75 Å². The van der Waals surface area contributed by atoms with E-state index >= 15 is 0 Å². The largest absolute Gasteiger partial charge is 0.495 e. The first-order chi connectivity index (χ1) is 7.31. The molecule has 1 N–H and O–H groups in total. The number of nitrogens with zero attached hydrogens (tertiary/aromatic N) is 1. The van der Waals surface area contributed by atoms with E-state index in [1.807, 2.05) is 0 Å². The molecular weight excluding hydrogens is 195 g/mol. The number of hydrogen-bond donors (Lipinski definition) is 1. The van der Waals surface area contributed by atoms with Gasteiger partial charge in [0.1, 0.15) is 11.9 Å². The van der Waals surface area contributed by atoms with Crippen LogP contribution in [0, 0.1) is 0 Å². The number of methoxy groups -OCH3 is 1. The maximum atomic E-state index is 14.0. The van der Waals surface area contributed by atoms with Gasteiger partial charge in [-0.25, -0.2) is 4.39 Å². The van der Waals surface area contributed by atoms with Gasteiger partial charge >= 0.3 is 0 Å². The zero-order chi connectivity index (χ0) is 10.7. The van der Waals surface area contributed by atoms with Crippen LogP contribution in [0.3, 0.4) is 0 Å². The number of hydrogen-bond acceptors (Lipinski definition) is 3. The first-order valence-electron chi connectivity index (χ1n) is 5.17. The Bertz CT molecular complexity index is 326. The summed E-state index contributed by atoms with van der Waals surface area (Å²) in [6, 6.07) is 1.64. The number of halogens is 1. The topological polar surface area (TPSA) is 34.1 Å². The van der Waals surface area contributed by atoms with Crippen molar-refractivity contribution in [2.75, 3.05) is 13.7 Å². The first-order valence-corrected chi connectivity index (χ1v) is 5.17. The summed E-state index contributed by atoms with van der Waals surface area (Å²) in [5.41, 5.74) is 0.591. The molecule has 2 unspecified atom stereocenters. The van der Waals surface area contributed by atoms with Crippen molar-refractivity contribution >= 4 is 0 Å². The van der Waals surface area contributed by atoms with E-state index in [2.05, 4.69) is 10.3 Å². The molecule has 2 rings (SSSR count). The lowest BCUT2D eigenvalue weighted by Gasteiger charge is -2.16. The lowest BCUT2D eigenvalue weighted by molar-refractivity contribution is 0.269. The van der Waals surface area contributed by atoms with Crippen LogP contribution in [-0.4, -0.2) is 24.7 Å². The highest BCUT2D eigenvalue weighted by molar-refractivity contribution is 5.26. The summed E-state index contributed by atoms with van der Waals surface area (Å²) in [6.07, 6.45) is 4.09. The average molecular weight is 210 g/mol. The molecule has 1 fully saturated rings. The number of rotatable bonds is 3. The summed E-state index contributed by atoms with van der Waals surface area (Å²) in [4.78, 5) is 3.96. The van der Waals surface area contributed by atoms with Gasteiger partial charge in [-0.3, -0.25) is 4.98 Å². The van der Waals surface area contributed by atoms with Crippen LogP contribution in [0.1, 0.15) is 24.6 Å². The maximum absolute atomic E-state index is 14.0. The van der Waals surface area contributed by atoms with E-state index in [1.165, 1.54) is 0 Å². The van der Waals surface area contributed by atoms with Crippen molar-refractivity contribution in [1.82, 2.24) is 10.3 Å². The highest BCUT2D eigenvalue weighted by atomic mass is 19.1. The Morgan fingerprint density at radius 1 is 1.60 bits per heavy atom. The summed E-state index contributed by atoms with van der Waals surface area (Å²) in [5.74, 6) is 0.605. The van der Waals surface area contributed by atoms with Gasteiger partial charge in [-0.1, -0.05) is 0 Å². The predicted octanol–water partition coefficient (Wildman–Crippen LogP) is 1.85. The van der Waals surface area contributed by atoms with Crippen molar-refractivity contribution in [2.45, 2.75) is 25.1 Å². The summed E-state index contributed by atoms with van der Waals surface area (Å²) < 4.78 is 19.0. The molecule has 0 spiro atoms. The quantitative estimate of drug-likeness (QED) is 0.826. The lowest BCUT2D eigenvalue weighted by atomic mass is 10.0. The van der Waals surface area contributed by atoms with Crippen molar-refractivity contribution in [1.29, 1.82) is 0 Å². The van der Waals surface area contributed by atoms with Gasteiger partial charge in [0, 0.05) is 17.8 Å². The van der Waals surface area contributed by atoms with Crippen LogP contribution in [0.2, 0.25) is 0 Å². The molecule has 3 nitrogen and oxygen atoms in total. The highest BCUT2D eigenvalue weighted by Crippen LogP contribution is 2.27. The molecule has 2 heterocycles. The molecule has 0 aliphatic carbocycles. The molecule has 4 heteroatoms. The smallest absolute Gasteiger partial charge is 0.142 e. The van der Waals surface area contributed by atoms with Gasteiger partial charge in [0.25, 0.3) is 0 Å². The van der Waals surface area contributed by atoms with Gasteiger partial charge in [-0.15, -0.1) is 0 Å². The van der Waals surface area contributed by atoms with E-state index in [0.29, 0.717) is 11.3 Å². The fraction of sp³-hybridized carbons (Fsp3) is 0.545. The Morgan fingerprint density at radius 3 is 3.13 bits per heavy atom. The van der Waals surface area contributed by atoms with Gasteiger partial charge in [-0.2, -0.15) is 0 Å². The minimum Gasteiger partial charge on any atom is -0.495 e. The molecule has 1 aromatic rings. The van der Waals surface area contributed by atoms with Crippen LogP contribution in [0.4, 0.5) is 4.39 Å². The Labute approximate surface area is 88.7 Å². The van der Waals surface area contributed by atoms with Crippen LogP contribution in [-0.2, 0) is 0 Å². The van der Waals surface area contributed by atoms with Gasteiger partial charge < -0.3 is 10.1 Å². The summed E-state index contributed by atoms with van der Waals surface area (Å²) >= 11 is 0. The van der Waals surface area contributed by atoms with E-state index in [0.717, 1.165) is 19.4 Å². The van der Waals surface area contributed by atoms with Crippen LogP contribution < -0.4 is 10.1 Å². The molecule has 0 saturated carbocycles. The van der Waals surface area contributed by atoms with E-state index in [-0.39, 0.29) is 6.04 Å². The number of ether oxygens (including phenoxy) is 1. The van der Waals surface area contributed by atoms with Crippen molar-refractivity contribution < 1.29 is 9.13 Å². The van der Waals surface area contributed by atoms with E-state index in [1.54, 1.807) is 25.6 Å². The first kappa shape index (κ1) is 10.4. The Kier molecular flexibility index (Phi) is 3.16. The van der Waals surface area contributed by atoms with Crippen LogP contribution >= 0.6 is 0 Å². The molecule has 1 aromatic heterocycles. The van der Waals surface area contributed by atoms with Crippen LogP contribution in [0.15, 0.2) is 18.5 Å². The second kappa shape index (κ2) is 4.57. The summed E-state index contributed by atoms with van der Waals surface area (Å²) in [7, 11) is 1.56. The fourth-order valence-electron chi connectivity index (χ4n) is 1.89. The van der Waals surface area contributed by atoms with Crippen molar-refractivity contribution in [2.24, 2.45) is 0 Å². The monoisotopic (exact) mass is 210 g/mol. The van der Waals surface area contributed by atoms with Crippen molar-refractivity contribution in [3.63, 3.8) is 0 Å². The van der Waals surface area contributed by atoms with E-state index in [4.69, 9.17) is 4.74 Å². The molecule has 82 valence electrons. The SMILES string of the molecule is COc1cncc(C(F)C2CCCN2)c1. The van der Waals surface area contributed by atoms with Gasteiger partial charge in [-0.05, 0) is 25.5 Å². The molecule has 0 aromatic carbocycles. The number of nitrogens with one attached hydrogen (secondary N) is 1. The van der Waals surface area contributed by atoms with E-state index in [9.17, 15) is 4.39 Å². The Balaban J connectivity index is 2.13. The number of aromatic nitrogens is 1.